The highest BCUT2D eigenvalue weighted by molar-refractivity contribution is 6.34. The fraction of sp³-hybridized carbons (Fsp3) is 0.0714. The molecule has 0 bridgehead atoms. The van der Waals surface area contributed by atoms with Crippen LogP contribution >= 0.6 is 11.6 Å². The second-order valence-electron chi connectivity index (χ2n) is 4.09. The number of nitrogens with two attached hydrogens (primary N) is 1. The Bertz CT molecular complexity index is 656. The molecule has 2 rings (SSSR count). The summed E-state index contributed by atoms with van der Waals surface area (Å²) >= 11 is 5.89. The number of carbonyl (C=O) groups excluding carboxylic acids is 2. The van der Waals surface area contributed by atoms with Crippen LogP contribution < -0.4 is 10.6 Å². The minimum absolute atomic E-state index is 0.0548. The van der Waals surface area contributed by atoms with E-state index in [1.165, 1.54) is 19.2 Å². The summed E-state index contributed by atoms with van der Waals surface area (Å²) in [6.07, 6.45) is 1.47. The van der Waals surface area contributed by atoms with Crippen LogP contribution in [0.5, 0.6) is 0 Å². The predicted molar refractivity (Wildman–Crippen MR) is 77.6 cm³/mol. The van der Waals surface area contributed by atoms with E-state index in [0.717, 1.165) is 4.90 Å². The van der Waals surface area contributed by atoms with E-state index < -0.39 is 11.8 Å². The lowest BCUT2D eigenvalue weighted by Crippen LogP contribution is -2.35. The van der Waals surface area contributed by atoms with Gasteiger partial charge < -0.3 is 5.73 Å². The molecule has 0 saturated carbocycles. The van der Waals surface area contributed by atoms with Crippen molar-refractivity contribution in [2.45, 2.75) is 6.92 Å². The van der Waals surface area contributed by atoms with Crippen LogP contribution in [0.1, 0.15) is 17.3 Å². The summed E-state index contributed by atoms with van der Waals surface area (Å²) in [5.74, 6) is -0.944. The summed E-state index contributed by atoms with van der Waals surface area (Å²) in [4.78, 5) is 29.1. The lowest BCUT2D eigenvalue weighted by molar-refractivity contribution is -0.115. The molecular formula is C14H12ClN3O2. The van der Waals surface area contributed by atoms with Crippen molar-refractivity contribution in [1.82, 2.24) is 4.98 Å². The number of nitrogens with zero attached hydrogens (tertiary/aromatic N) is 2. The monoisotopic (exact) mass is 289 g/mol. The van der Waals surface area contributed by atoms with Crippen LogP contribution in [0.3, 0.4) is 0 Å². The molecule has 102 valence electrons. The summed E-state index contributed by atoms with van der Waals surface area (Å²) in [6, 6.07) is 9.52. The first-order valence-corrected chi connectivity index (χ1v) is 6.19. The first-order chi connectivity index (χ1) is 9.50. The smallest absolute Gasteiger partial charge is 0.268 e. The highest BCUT2D eigenvalue weighted by atomic mass is 35.5. The molecule has 0 spiro atoms. The molecule has 0 unspecified atom stereocenters. The Balaban J connectivity index is 2.44. The first-order valence-electron chi connectivity index (χ1n) is 5.82. The van der Waals surface area contributed by atoms with Gasteiger partial charge in [-0.05, 0) is 36.4 Å². The van der Waals surface area contributed by atoms with Crippen molar-refractivity contribution in [2.24, 2.45) is 0 Å². The van der Waals surface area contributed by atoms with Crippen molar-refractivity contribution in [3.63, 3.8) is 0 Å². The molecule has 0 atom stereocenters. The summed E-state index contributed by atoms with van der Waals surface area (Å²) in [5.41, 5.74) is 6.74. The van der Waals surface area contributed by atoms with E-state index >= 15 is 0 Å². The average molecular weight is 290 g/mol. The minimum atomic E-state index is -0.527. The van der Waals surface area contributed by atoms with Gasteiger partial charge in [0.15, 0.2) is 0 Å². The van der Waals surface area contributed by atoms with Crippen LogP contribution in [0.4, 0.5) is 11.4 Å². The van der Waals surface area contributed by atoms with Crippen LogP contribution in [0, 0.1) is 0 Å². The van der Waals surface area contributed by atoms with Gasteiger partial charge in [0.2, 0.25) is 5.91 Å². The molecule has 0 aliphatic heterocycles. The molecule has 1 aromatic heterocycles. The molecule has 0 saturated heterocycles. The van der Waals surface area contributed by atoms with Gasteiger partial charge in [-0.25, -0.2) is 9.88 Å². The number of rotatable bonds is 2. The number of halogens is 1. The fourth-order valence-electron chi connectivity index (χ4n) is 1.73. The summed E-state index contributed by atoms with van der Waals surface area (Å²) in [5, 5.41) is 0.0548. The standard InChI is InChI=1S/C14H12ClN3O2/c1-9(19)18(11-6-4-10(16)5-7-11)14(20)12-3-2-8-17-13(12)15/h2-8H,16H2,1H3. The average Bonchev–Trinajstić information content (AvgIpc) is 2.41. The van der Waals surface area contributed by atoms with Gasteiger partial charge in [0.05, 0.1) is 11.3 Å². The maximum atomic E-state index is 12.4. The van der Waals surface area contributed by atoms with E-state index in [0.29, 0.717) is 11.4 Å². The van der Waals surface area contributed by atoms with Crippen molar-refractivity contribution in [1.29, 1.82) is 0 Å². The molecule has 0 radical (unpaired) electrons. The Morgan fingerprint density at radius 2 is 1.85 bits per heavy atom. The maximum Gasteiger partial charge on any atom is 0.268 e. The fourth-order valence-corrected chi connectivity index (χ4v) is 1.93. The molecule has 20 heavy (non-hydrogen) atoms. The molecule has 6 heteroatoms. The van der Waals surface area contributed by atoms with Crippen molar-refractivity contribution in [3.8, 4) is 0 Å². The number of imide groups is 1. The number of pyridine rings is 1. The Labute approximate surface area is 121 Å². The highest BCUT2D eigenvalue weighted by Crippen LogP contribution is 2.21. The maximum absolute atomic E-state index is 12.4. The Morgan fingerprint density at radius 1 is 1.20 bits per heavy atom. The number of carbonyl (C=O) groups is 2. The van der Waals surface area contributed by atoms with E-state index in [-0.39, 0.29) is 10.7 Å². The van der Waals surface area contributed by atoms with Gasteiger partial charge in [-0.15, -0.1) is 0 Å². The molecule has 5 nitrogen and oxygen atoms in total. The van der Waals surface area contributed by atoms with Gasteiger partial charge in [0, 0.05) is 18.8 Å². The molecule has 0 aliphatic carbocycles. The van der Waals surface area contributed by atoms with Crippen molar-refractivity contribution >= 4 is 34.8 Å². The van der Waals surface area contributed by atoms with Crippen LogP contribution in [0.25, 0.3) is 0 Å². The molecule has 2 amide bonds. The van der Waals surface area contributed by atoms with Crippen molar-refractivity contribution in [3.05, 3.63) is 53.3 Å². The Morgan fingerprint density at radius 3 is 2.40 bits per heavy atom. The molecule has 2 N–H and O–H groups in total. The van der Waals surface area contributed by atoms with Crippen LogP contribution in [-0.4, -0.2) is 16.8 Å². The first kappa shape index (κ1) is 14.0. The number of benzene rings is 1. The van der Waals surface area contributed by atoms with E-state index in [4.69, 9.17) is 17.3 Å². The number of aromatic nitrogens is 1. The van der Waals surface area contributed by atoms with E-state index in [2.05, 4.69) is 4.98 Å². The van der Waals surface area contributed by atoms with Gasteiger partial charge in [0.1, 0.15) is 5.15 Å². The number of anilines is 2. The quantitative estimate of drug-likeness (QED) is 0.681. The number of amides is 2. The molecule has 1 aromatic carbocycles. The largest absolute Gasteiger partial charge is 0.399 e. The van der Waals surface area contributed by atoms with Crippen molar-refractivity contribution < 1.29 is 9.59 Å². The molecular weight excluding hydrogens is 278 g/mol. The zero-order valence-corrected chi connectivity index (χ0v) is 11.5. The minimum Gasteiger partial charge on any atom is -0.399 e. The second-order valence-corrected chi connectivity index (χ2v) is 4.45. The number of hydrogen-bond donors (Lipinski definition) is 1. The topological polar surface area (TPSA) is 76.3 Å². The molecule has 0 aliphatic rings. The Hall–Kier alpha value is -2.40. The van der Waals surface area contributed by atoms with E-state index in [1.54, 1.807) is 30.3 Å². The predicted octanol–water partition coefficient (Wildman–Crippen LogP) is 2.51. The zero-order valence-electron chi connectivity index (χ0n) is 10.7. The van der Waals surface area contributed by atoms with Gasteiger partial charge in [-0.3, -0.25) is 9.59 Å². The lowest BCUT2D eigenvalue weighted by atomic mass is 10.2. The summed E-state index contributed by atoms with van der Waals surface area (Å²) < 4.78 is 0. The third-order valence-electron chi connectivity index (χ3n) is 2.66. The summed E-state index contributed by atoms with van der Waals surface area (Å²) in [7, 11) is 0. The van der Waals surface area contributed by atoms with E-state index in [1.807, 2.05) is 0 Å². The van der Waals surface area contributed by atoms with Gasteiger partial charge in [-0.1, -0.05) is 11.6 Å². The second kappa shape index (κ2) is 5.71. The third kappa shape index (κ3) is 2.78. The van der Waals surface area contributed by atoms with Crippen LogP contribution in [-0.2, 0) is 4.79 Å². The molecule has 2 aromatic rings. The highest BCUT2D eigenvalue weighted by Gasteiger charge is 2.23. The molecule has 1 heterocycles. The SMILES string of the molecule is CC(=O)N(C(=O)c1cccnc1Cl)c1ccc(N)cc1. The van der Waals surface area contributed by atoms with Gasteiger partial charge in [-0.2, -0.15) is 0 Å². The zero-order chi connectivity index (χ0) is 14.7. The normalized spacial score (nSPS) is 10.1. The third-order valence-corrected chi connectivity index (χ3v) is 2.96. The number of hydrogen-bond acceptors (Lipinski definition) is 4. The summed E-state index contributed by atoms with van der Waals surface area (Å²) in [6.45, 7) is 1.30. The molecule has 0 fully saturated rings. The van der Waals surface area contributed by atoms with Crippen molar-refractivity contribution in [2.75, 3.05) is 10.6 Å². The van der Waals surface area contributed by atoms with Crippen LogP contribution in [0.2, 0.25) is 5.15 Å². The lowest BCUT2D eigenvalue weighted by Gasteiger charge is -2.19. The van der Waals surface area contributed by atoms with Crippen LogP contribution in [0.15, 0.2) is 42.6 Å². The van der Waals surface area contributed by atoms with E-state index in [9.17, 15) is 9.59 Å². The number of nitrogen functional groups attached to an aromatic ring is 1. The van der Waals surface area contributed by atoms with Gasteiger partial charge >= 0.3 is 0 Å². The van der Waals surface area contributed by atoms with Gasteiger partial charge in [0.25, 0.3) is 5.91 Å². The Kier molecular flexibility index (Phi) is 4.00.